The van der Waals surface area contributed by atoms with Crippen LogP contribution in [0, 0.1) is 0 Å². The lowest BCUT2D eigenvalue weighted by atomic mass is 10.1. The van der Waals surface area contributed by atoms with Gasteiger partial charge in [0.1, 0.15) is 0 Å². The molecule has 1 fully saturated rings. The number of hydrogen-bond acceptors (Lipinski definition) is 4. The zero-order valence-electron chi connectivity index (χ0n) is 12.2. The van der Waals surface area contributed by atoms with Gasteiger partial charge in [-0.15, -0.1) is 23.5 Å². The molecular formula is C17H18N2OS2. The maximum atomic E-state index is 12.1. The lowest BCUT2D eigenvalue weighted by Gasteiger charge is -2.11. The molecule has 1 amide bonds. The van der Waals surface area contributed by atoms with Crippen LogP contribution in [-0.2, 0) is 11.2 Å². The molecule has 2 aromatic rings. The van der Waals surface area contributed by atoms with Crippen molar-refractivity contribution in [1.82, 2.24) is 4.98 Å². The lowest BCUT2D eigenvalue weighted by Crippen LogP contribution is -2.12. The highest BCUT2D eigenvalue weighted by Crippen LogP contribution is 2.45. The second-order valence-corrected chi connectivity index (χ2v) is 7.83. The van der Waals surface area contributed by atoms with Gasteiger partial charge in [0.25, 0.3) is 0 Å². The predicted molar refractivity (Wildman–Crippen MR) is 95.3 cm³/mol. The molecule has 3 rings (SSSR count). The molecule has 0 unspecified atom stereocenters. The van der Waals surface area contributed by atoms with Crippen molar-refractivity contribution in [2.45, 2.75) is 17.4 Å². The number of carbonyl (C=O) groups excluding carboxylic acids is 1. The SMILES string of the molecule is O=C(CCc1cccnc1)Nc1cccc(C2SCCS2)c1. The quantitative estimate of drug-likeness (QED) is 0.895. The Labute approximate surface area is 139 Å². The summed E-state index contributed by atoms with van der Waals surface area (Å²) in [6, 6.07) is 12.1. The zero-order chi connectivity index (χ0) is 15.2. The first-order valence-corrected chi connectivity index (χ1v) is 9.43. The molecule has 1 aromatic carbocycles. The molecule has 1 aromatic heterocycles. The van der Waals surface area contributed by atoms with Crippen molar-refractivity contribution >= 4 is 35.1 Å². The van der Waals surface area contributed by atoms with Gasteiger partial charge in [0.2, 0.25) is 5.91 Å². The van der Waals surface area contributed by atoms with Crippen LogP contribution in [0.2, 0.25) is 0 Å². The smallest absolute Gasteiger partial charge is 0.224 e. The van der Waals surface area contributed by atoms with Gasteiger partial charge in [-0.05, 0) is 35.7 Å². The molecule has 3 nitrogen and oxygen atoms in total. The van der Waals surface area contributed by atoms with E-state index >= 15 is 0 Å². The third-order valence-corrected chi connectivity index (χ3v) is 6.53. The van der Waals surface area contributed by atoms with E-state index in [1.165, 1.54) is 17.1 Å². The van der Waals surface area contributed by atoms with E-state index in [2.05, 4.69) is 22.4 Å². The first kappa shape index (κ1) is 15.4. The highest BCUT2D eigenvalue weighted by atomic mass is 32.2. The molecule has 22 heavy (non-hydrogen) atoms. The van der Waals surface area contributed by atoms with Crippen LogP contribution in [0.15, 0.2) is 48.8 Å². The Morgan fingerprint density at radius 1 is 1.23 bits per heavy atom. The summed E-state index contributed by atoms with van der Waals surface area (Å²) >= 11 is 3.95. The second kappa shape index (κ2) is 7.70. The van der Waals surface area contributed by atoms with Crippen LogP contribution in [0.4, 0.5) is 5.69 Å². The van der Waals surface area contributed by atoms with Crippen molar-refractivity contribution in [2.75, 3.05) is 16.8 Å². The lowest BCUT2D eigenvalue weighted by molar-refractivity contribution is -0.116. The summed E-state index contributed by atoms with van der Waals surface area (Å²) < 4.78 is 0.507. The average molecular weight is 330 g/mol. The molecule has 0 radical (unpaired) electrons. The van der Waals surface area contributed by atoms with Crippen LogP contribution in [0.25, 0.3) is 0 Å². The van der Waals surface area contributed by atoms with Crippen molar-refractivity contribution in [2.24, 2.45) is 0 Å². The highest BCUT2D eigenvalue weighted by Gasteiger charge is 2.18. The van der Waals surface area contributed by atoms with E-state index in [1.54, 1.807) is 6.20 Å². The molecule has 0 bridgehead atoms. The van der Waals surface area contributed by atoms with Gasteiger partial charge < -0.3 is 5.32 Å². The number of pyridine rings is 1. The fourth-order valence-electron chi connectivity index (χ4n) is 2.34. The molecule has 0 aliphatic carbocycles. The number of hydrogen-bond donors (Lipinski definition) is 1. The minimum absolute atomic E-state index is 0.0488. The monoisotopic (exact) mass is 330 g/mol. The average Bonchev–Trinajstić information content (AvgIpc) is 3.09. The maximum Gasteiger partial charge on any atom is 0.224 e. The number of thioether (sulfide) groups is 2. The predicted octanol–water partition coefficient (Wildman–Crippen LogP) is 4.13. The van der Waals surface area contributed by atoms with E-state index in [0.29, 0.717) is 17.4 Å². The fourth-order valence-corrected chi connectivity index (χ4v) is 5.18. The molecule has 0 spiro atoms. The standard InChI is InChI=1S/C17H18N2OS2/c20-16(7-6-13-3-2-8-18-12-13)19-15-5-1-4-14(11-15)17-21-9-10-22-17/h1-5,8,11-12,17H,6-7,9-10H2,(H,19,20). The minimum atomic E-state index is 0.0488. The fraction of sp³-hybridized carbons (Fsp3) is 0.294. The molecule has 1 saturated heterocycles. The summed E-state index contributed by atoms with van der Waals surface area (Å²) in [5, 5.41) is 3.00. The summed E-state index contributed by atoms with van der Waals surface area (Å²) in [6.45, 7) is 0. The van der Waals surface area contributed by atoms with Gasteiger partial charge in [-0.25, -0.2) is 0 Å². The van der Waals surface area contributed by atoms with Crippen molar-refractivity contribution < 1.29 is 4.79 Å². The number of anilines is 1. The van der Waals surface area contributed by atoms with Gasteiger partial charge in [-0.1, -0.05) is 18.2 Å². The maximum absolute atomic E-state index is 12.1. The summed E-state index contributed by atoms with van der Waals surface area (Å²) in [4.78, 5) is 16.1. The van der Waals surface area contributed by atoms with Crippen molar-refractivity contribution in [1.29, 1.82) is 0 Å². The summed E-state index contributed by atoms with van der Waals surface area (Å²) in [6.07, 6.45) is 4.74. The number of nitrogens with one attached hydrogen (secondary N) is 1. The second-order valence-electron chi connectivity index (χ2n) is 5.11. The zero-order valence-corrected chi connectivity index (χ0v) is 13.8. The minimum Gasteiger partial charge on any atom is -0.326 e. The largest absolute Gasteiger partial charge is 0.326 e. The Morgan fingerprint density at radius 2 is 2.09 bits per heavy atom. The Morgan fingerprint density at radius 3 is 2.86 bits per heavy atom. The molecule has 2 heterocycles. The molecule has 114 valence electrons. The summed E-state index contributed by atoms with van der Waals surface area (Å²) in [5.41, 5.74) is 3.27. The van der Waals surface area contributed by atoms with Gasteiger partial charge in [-0.3, -0.25) is 9.78 Å². The van der Waals surface area contributed by atoms with Gasteiger partial charge in [0.15, 0.2) is 0 Å². The molecule has 1 N–H and O–H groups in total. The van der Waals surface area contributed by atoms with Gasteiger partial charge >= 0.3 is 0 Å². The molecule has 5 heteroatoms. The van der Waals surface area contributed by atoms with Crippen LogP contribution in [0.1, 0.15) is 22.1 Å². The molecule has 0 saturated carbocycles. The van der Waals surface area contributed by atoms with E-state index in [-0.39, 0.29) is 5.91 Å². The molecule has 1 aliphatic rings. The number of rotatable bonds is 5. The Kier molecular flexibility index (Phi) is 5.40. The van der Waals surface area contributed by atoms with Gasteiger partial charge in [-0.2, -0.15) is 0 Å². The Balaban J connectivity index is 1.56. The van der Waals surface area contributed by atoms with Crippen molar-refractivity contribution in [3.8, 4) is 0 Å². The first-order valence-electron chi connectivity index (χ1n) is 7.33. The van der Waals surface area contributed by atoms with Crippen molar-refractivity contribution in [3.05, 3.63) is 59.9 Å². The number of nitrogens with zero attached hydrogens (tertiary/aromatic N) is 1. The Hall–Kier alpha value is -1.46. The number of amides is 1. The highest BCUT2D eigenvalue weighted by molar-refractivity contribution is 8.19. The Bertz CT molecular complexity index is 628. The number of aromatic nitrogens is 1. The topological polar surface area (TPSA) is 42.0 Å². The normalized spacial score (nSPS) is 14.9. The van der Waals surface area contributed by atoms with Crippen molar-refractivity contribution in [3.63, 3.8) is 0 Å². The van der Waals surface area contributed by atoms with Crippen LogP contribution < -0.4 is 5.32 Å². The number of aryl methyl sites for hydroxylation is 1. The number of carbonyl (C=O) groups is 1. The first-order chi connectivity index (χ1) is 10.8. The van der Waals surface area contributed by atoms with Crippen LogP contribution >= 0.6 is 23.5 Å². The van der Waals surface area contributed by atoms with E-state index in [0.717, 1.165) is 11.3 Å². The number of benzene rings is 1. The molecular weight excluding hydrogens is 312 g/mol. The van der Waals surface area contributed by atoms with Crippen LogP contribution in [-0.4, -0.2) is 22.4 Å². The van der Waals surface area contributed by atoms with Gasteiger partial charge in [0, 0.05) is 36.0 Å². The summed E-state index contributed by atoms with van der Waals surface area (Å²) in [7, 11) is 0. The van der Waals surface area contributed by atoms with E-state index in [1.807, 2.05) is 54.0 Å². The van der Waals surface area contributed by atoms with Crippen LogP contribution in [0.5, 0.6) is 0 Å². The third-order valence-electron chi connectivity index (χ3n) is 3.43. The summed E-state index contributed by atoms with van der Waals surface area (Å²) in [5.74, 6) is 2.46. The molecule has 0 atom stereocenters. The third kappa shape index (κ3) is 4.27. The van der Waals surface area contributed by atoms with E-state index in [4.69, 9.17) is 0 Å². The molecule has 1 aliphatic heterocycles. The van der Waals surface area contributed by atoms with Gasteiger partial charge in [0.05, 0.1) is 4.58 Å². The van der Waals surface area contributed by atoms with E-state index in [9.17, 15) is 4.79 Å². The van der Waals surface area contributed by atoms with Crippen LogP contribution in [0.3, 0.4) is 0 Å². The van der Waals surface area contributed by atoms with E-state index < -0.39 is 0 Å².